The van der Waals surface area contributed by atoms with E-state index in [1.807, 2.05) is 41.1 Å². The number of hydrogen-bond donors (Lipinski definition) is 0. The predicted molar refractivity (Wildman–Crippen MR) is 63.7 cm³/mol. The van der Waals surface area contributed by atoms with Gasteiger partial charge in [0.2, 0.25) is 0 Å². The van der Waals surface area contributed by atoms with E-state index < -0.39 is 0 Å². The Kier molecular flexibility index (Phi) is 1.98. The Morgan fingerprint density at radius 1 is 1.25 bits per heavy atom. The quantitative estimate of drug-likeness (QED) is 0.639. The van der Waals surface area contributed by atoms with Crippen LogP contribution in [0.3, 0.4) is 0 Å². The first-order valence-corrected chi connectivity index (χ1v) is 5.68. The van der Waals surface area contributed by atoms with Gasteiger partial charge in [-0.2, -0.15) is 5.26 Å². The molecule has 16 heavy (non-hydrogen) atoms. The van der Waals surface area contributed by atoms with Crippen molar-refractivity contribution in [2.45, 2.75) is 0 Å². The summed E-state index contributed by atoms with van der Waals surface area (Å²) >= 11 is 1.48. The summed E-state index contributed by atoms with van der Waals surface area (Å²) in [5.74, 6) is 0. The molecule has 0 unspecified atom stereocenters. The first-order valence-electron chi connectivity index (χ1n) is 4.80. The van der Waals surface area contributed by atoms with Gasteiger partial charge in [0.25, 0.3) is 0 Å². The summed E-state index contributed by atoms with van der Waals surface area (Å²) in [5.41, 5.74) is 1.58. The van der Waals surface area contributed by atoms with Crippen molar-refractivity contribution in [2.24, 2.45) is 0 Å². The van der Waals surface area contributed by atoms with Crippen LogP contribution in [-0.4, -0.2) is 9.55 Å². The standard InChI is InChI=1S/C12H7N3S/c13-7-10-8-16-12(14-10)15-6-5-9-3-1-2-4-11(9)15/h1-6,8H. The maximum Gasteiger partial charge on any atom is 0.195 e. The molecule has 3 nitrogen and oxygen atoms in total. The molecule has 0 bridgehead atoms. The molecule has 0 saturated heterocycles. The summed E-state index contributed by atoms with van der Waals surface area (Å²) < 4.78 is 2.00. The topological polar surface area (TPSA) is 41.6 Å². The minimum absolute atomic E-state index is 0.470. The fourth-order valence-corrected chi connectivity index (χ4v) is 2.42. The lowest BCUT2D eigenvalue weighted by atomic mass is 10.2. The SMILES string of the molecule is N#Cc1csc(-n2ccc3ccccc32)n1. The number of thiazole rings is 1. The Morgan fingerprint density at radius 3 is 2.94 bits per heavy atom. The molecule has 3 aromatic rings. The third kappa shape index (κ3) is 1.30. The summed E-state index contributed by atoms with van der Waals surface area (Å²) in [5, 5.41) is 12.5. The van der Waals surface area contributed by atoms with Gasteiger partial charge in [-0.3, -0.25) is 4.57 Å². The molecule has 0 amide bonds. The molecule has 0 aliphatic heterocycles. The van der Waals surface area contributed by atoms with Crippen molar-refractivity contribution in [3.8, 4) is 11.2 Å². The van der Waals surface area contributed by atoms with Crippen molar-refractivity contribution in [1.29, 1.82) is 5.26 Å². The lowest BCUT2D eigenvalue weighted by Gasteiger charge is -1.98. The zero-order chi connectivity index (χ0) is 11.0. The molecule has 0 spiro atoms. The van der Waals surface area contributed by atoms with Gasteiger partial charge in [0, 0.05) is 17.0 Å². The Labute approximate surface area is 96.2 Å². The number of aromatic nitrogens is 2. The Hall–Kier alpha value is -2.12. The van der Waals surface area contributed by atoms with Crippen LogP contribution in [-0.2, 0) is 0 Å². The number of para-hydroxylation sites is 1. The van der Waals surface area contributed by atoms with Crippen molar-refractivity contribution in [2.75, 3.05) is 0 Å². The van der Waals surface area contributed by atoms with Crippen LogP contribution in [0.1, 0.15) is 5.69 Å². The van der Waals surface area contributed by atoms with Gasteiger partial charge in [-0.1, -0.05) is 18.2 Å². The number of nitrogens with zero attached hydrogens (tertiary/aromatic N) is 3. The van der Waals surface area contributed by atoms with Crippen LogP contribution < -0.4 is 0 Å². The zero-order valence-electron chi connectivity index (χ0n) is 8.29. The van der Waals surface area contributed by atoms with E-state index in [9.17, 15) is 0 Å². The highest BCUT2D eigenvalue weighted by Gasteiger charge is 2.06. The van der Waals surface area contributed by atoms with Gasteiger partial charge < -0.3 is 0 Å². The number of nitriles is 1. The summed E-state index contributed by atoms with van der Waals surface area (Å²) in [6.07, 6.45) is 1.98. The third-order valence-corrected chi connectivity index (χ3v) is 3.25. The molecule has 0 fully saturated rings. The monoisotopic (exact) mass is 225 g/mol. The molecule has 76 valence electrons. The summed E-state index contributed by atoms with van der Waals surface area (Å²) in [4.78, 5) is 4.24. The number of fused-ring (bicyclic) bond motifs is 1. The van der Waals surface area contributed by atoms with Crippen LogP contribution >= 0.6 is 11.3 Å². The Morgan fingerprint density at radius 2 is 2.12 bits per heavy atom. The van der Waals surface area contributed by atoms with Crippen molar-refractivity contribution in [3.05, 3.63) is 47.6 Å². The summed E-state index contributed by atoms with van der Waals surface area (Å²) in [6.45, 7) is 0. The highest BCUT2D eigenvalue weighted by molar-refractivity contribution is 7.12. The molecular formula is C12H7N3S. The maximum atomic E-state index is 8.75. The van der Waals surface area contributed by atoms with E-state index >= 15 is 0 Å². The van der Waals surface area contributed by atoms with E-state index in [1.54, 1.807) is 5.38 Å². The second kappa shape index (κ2) is 3.47. The van der Waals surface area contributed by atoms with Gasteiger partial charge in [-0.25, -0.2) is 4.98 Å². The largest absolute Gasteiger partial charge is 0.293 e. The molecule has 0 N–H and O–H groups in total. The highest BCUT2D eigenvalue weighted by atomic mass is 32.1. The van der Waals surface area contributed by atoms with Gasteiger partial charge in [0.05, 0.1) is 5.52 Å². The Balaban J connectivity index is 2.23. The van der Waals surface area contributed by atoms with Gasteiger partial charge in [-0.05, 0) is 12.1 Å². The van der Waals surface area contributed by atoms with Crippen LogP contribution in [0.25, 0.3) is 16.0 Å². The molecule has 0 radical (unpaired) electrons. The van der Waals surface area contributed by atoms with Crippen molar-refractivity contribution >= 4 is 22.2 Å². The summed E-state index contributed by atoms with van der Waals surface area (Å²) in [6, 6.07) is 12.2. The maximum absolute atomic E-state index is 8.75. The molecule has 0 atom stereocenters. The molecule has 0 aliphatic rings. The molecule has 0 aliphatic carbocycles. The van der Waals surface area contributed by atoms with Gasteiger partial charge in [-0.15, -0.1) is 11.3 Å². The van der Waals surface area contributed by atoms with Crippen LogP contribution in [0, 0.1) is 11.3 Å². The van der Waals surface area contributed by atoms with Gasteiger partial charge >= 0.3 is 0 Å². The van der Waals surface area contributed by atoms with Crippen molar-refractivity contribution in [1.82, 2.24) is 9.55 Å². The van der Waals surface area contributed by atoms with E-state index in [0.717, 1.165) is 10.6 Å². The first kappa shape index (κ1) is 9.13. The minimum Gasteiger partial charge on any atom is -0.293 e. The van der Waals surface area contributed by atoms with E-state index in [2.05, 4.69) is 11.1 Å². The van der Waals surface area contributed by atoms with Crippen LogP contribution in [0.4, 0.5) is 0 Å². The van der Waals surface area contributed by atoms with Crippen molar-refractivity contribution < 1.29 is 0 Å². The van der Waals surface area contributed by atoms with E-state index in [0.29, 0.717) is 5.69 Å². The average molecular weight is 225 g/mol. The lowest BCUT2D eigenvalue weighted by molar-refractivity contribution is 1.08. The molecule has 3 rings (SSSR count). The average Bonchev–Trinajstić information content (AvgIpc) is 2.94. The second-order valence-electron chi connectivity index (χ2n) is 3.37. The fraction of sp³-hybridized carbons (Fsp3) is 0. The molecule has 1 aromatic carbocycles. The van der Waals surface area contributed by atoms with E-state index in [1.165, 1.54) is 16.7 Å². The van der Waals surface area contributed by atoms with E-state index in [4.69, 9.17) is 5.26 Å². The van der Waals surface area contributed by atoms with Crippen LogP contribution in [0.2, 0.25) is 0 Å². The first-order chi connectivity index (χ1) is 7.88. The Bertz CT molecular complexity index is 687. The summed E-state index contributed by atoms with van der Waals surface area (Å²) in [7, 11) is 0. The molecule has 0 saturated carbocycles. The highest BCUT2D eigenvalue weighted by Crippen LogP contribution is 2.22. The number of hydrogen-bond acceptors (Lipinski definition) is 3. The number of benzene rings is 1. The van der Waals surface area contributed by atoms with Crippen LogP contribution in [0.15, 0.2) is 41.9 Å². The lowest BCUT2D eigenvalue weighted by Crippen LogP contribution is -1.90. The smallest absolute Gasteiger partial charge is 0.195 e. The van der Waals surface area contributed by atoms with Crippen LogP contribution in [0.5, 0.6) is 0 Å². The van der Waals surface area contributed by atoms with Gasteiger partial charge in [0.1, 0.15) is 6.07 Å². The van der Waals surface area contributed by atoms with Gasteiger partial charge in [0.15, 0.2) is 10.8 Å². The zero-order valence-corrected chi connectivity index (χ0v) is 9.11. The van der Waals surface area contributed by atoms with E-state index in [-0.39, 0.29) is 0 Å². The molecule has 2 heterocycles. The predicted octanol–water partition coefficient (Wildman–Crippen LogP) is 2.96. The fourth-order valence-electron chi connectivity index (χ4n) is 1.68. The number of rotatable bonds is 1. The molecular weight excluding hydrogens is 218 g/mol. The minimum atomic E-state index is 0.470. The van der Waals surface area contributed by atoms with Crippen molar-refractivity contribution in [3.63, 3.8) is 0 Å². The molecule has 2 aromatic heterocycles. The third-order valence-electron chi connectivity index (χ3n) is 2.41. The normalized spacial score (nSPS) is 10.4. The second-order valence-corrected chi connectivity index (χ2v) is 4.21. The molecule has 4 heteroatoms.